The second-order valence-electron chi connectivity index (χ2n) is 12.9. The highest BCUT2D eigenvalue weighted by atomic mass is 32.1. The molecule has 0 N–H and O–H groups in total. The van der Waals surface area contributed by atoms with E-state index in [1.807, 2.05) is 17.4 Å². The Kier molecular flexibility index (Phi) is 7.04. The second-order valence-corrected chi connectivity index (χ2v) is 14.0. The summed E-state index contributed by atoms with van der Waals surface area (Å²) < 4.78 is 9.04. The van der Waals surface area contributed by atoms with Gasteiger partial charge in [-0.2, -0.15) is 0 Å². The van der Waals surface area contributed by atoms with Gasteiger partial charge in [0.15, 0.2) is 0 Å². The number of benzene rings is 8. The molecule has 0 radical (unpaired) electrons. The molecule has 2 heterocycles. The third-order valence-electron chi connectivity index (χ3n) is 9.89. The van der Waals surface area contributed by atoms with Crippen molar-refractivity contribution >= 4 is 70.5 Å². The van der Waals surface area contributed by atoms with E-state index in [4.69, 9.17) is 4.42 Å². The van der Waals surface area contributed by atoms with Crippen molar-refractivity contribution in [2.24, 2.45) is 0 Å². The number of hydrogen-bond donors (Lipinski definition) is 0. The highest BCUT2D eigenvalue weighted by molar-refractivity contribution is 7.25. The Hall–Kier alpha value is -6.42. The van der Waals surface area contributed by atoms with E-state index >= 15 is 0 Å². The SMILES string of the molecule is c1ccc(-c2cccc(-c3ccccc3N(c3ccc(-c4cccc5sc6ccccc6c45)cc3)c3cccc4oc5ccccc5c34)c2)cc1. The van der Waals surface area contributed by atoms with Gasteiger partial charge < -0.3 is 9.32 Å². The highest BCUT2D eigenvalue weighted by Gasteiger charge is 2.22. The van der Waals surface area contributed by atoms with Crippen molar-refractivity contribution in [2.75, 3.05) is 4.90 Å². The number of furan rings is 1. The lowest BCUT2D eigenvalue weighted by molar-refractivity contribution is 0.669. The number of hydrogen-bond acceptors (Lipinski definition) is 3. The van der Waals surface area contributed by atoms with Crippen LogP contribution in [-0.4, -0.2) is 0 Å². The number of para-hydroxylation sites is 2. The third kappa shape index (κ3) is 5.01. The molecule has 51 heavy (non-hydrogen) atoms. The van der Waals surface area contributed by atoms with Crippen molar-refractivity contribution in [2.45, 2.75) is 0 Å². The molecule has 0 spiro atoms. The van der Waals surface area contributed by atoms with E-state index in [1.54, 1.807) is 0 Å². The first-order valence-corrected chi connectivity index (χ1v) is 18.1. The molecule has 2 aromatic heterocycles. The molecule has 8 aromatic carbocycles. The molecule has 0 saturated carbocycles. The van der Waals surface area contributed by atoms with Gasteiger partial charge >= 0.3 is 0 Å². The second kappa shape index (κ2) is 12.2. The maximum atomic E-state index is 6.41. The van der Waals surface area contributed by atoms with Gasteiger partial charge in [0.25, 0.3) is 0 Å². The van der Waals surface area contributed by atoms with Gasteiger partial charge in [-0.15, -0.1) is 11.3 Å². The van der Waals surface area contributed by atoms with Crippen LogP contribution in [0.15, 0.2) is 192 Å². The van der Waals surface area contributed by atoms with Crippen molar-refractivity contribution in [3.05, 3.63) is 188 Å². The molecule has 10 rings (SSSR count). The minimum atomic E-state index is 0.870. The molecular weight excluding hydrogens is 639 g/mol. The summed E-state index contributed by atoms with van der Waals surface area (Å²) in [7, 11) is 0. The molecular formula is C48H31NOS. The molecule has 0 aliphatic heterocycles. The van der Waals surface area contributed by atoms with Crippen LogP contribution < -0.4 is 4.90 Å². The largest absolute Gasteiger partial charge is 0.456 e. The number of anilines is 3. The Morgan fingerprint density at radius 3 is 1.90 bits per heavy atom. The molecule has 0 saturated heterocycles. The summed E-state index contributed by atoms with van der Waals surface area (Å²) in [4.78, 5) is 2.40. The van der Waals surface area contributed by atoms with Crippen LogP contribution >= 0.6 is 11.3 Å². The predicted molar refractivity (Wildman–Crippen MR) is 218 cm³/mol. The molecule has 3 heteroatoms. The average Bonchev–Trinajstić information content (AvgIpc) is 3.78. The van der Waals surface area contributed by atoms with Gasteiger partial charge in [0.1, 0.15) is 11.2 Å². The van der Waals surface area contributed by atoms with Gasteiger partial charge in [-0.25, -0.2) is 0 Å². The fourth-order valence-corrected chi connectivity index (χ4v) is 8.70. The van der Waals surface area contributed by atoms with Crippen molar-refractivity contribution in [1.82, 2.24) is 0 Å². The molecule has 0 atom stereocenters. The quantitative estimate of drug-likeness (QED) is 0.175. The highest BCUT2D eigenvalue weighted by Crippen LogP contribution is 2.47. The van der Waals surface area contributed by atoms with Gasteiger partial charge in [-0.05, 0) is 82.4 Å². The lowest BCUT2D eigenvalue weighted by Gasteiger charge is -2.29. The van der Waals surface area contributed by atoms with Gasteiger partial charge in [-0.3, -0.25) is 0 Å². The van der Waals surface area contributed by atoms with Crippen LogP contribution in [0, 0.1) is 0 Å². The fourth-order valence-electron chi connectivity index (χ4n) is 7.57. The summed E-state index contributed by atoms with van der Waals surface area (Å²) in [6.45, 7) is 0. The Labute approximate surface area is 300 Å². The van der Waals surface area contributed by atoms with Crippen LogP contribution in [0.5, 0.6) is 0 Å². The fraction of sp³-hybridized carbons (Fsp3) is 0. The number of fused-ring (bicyclic) bond motifs is 6. The maximum Gasteiger partial charge on any atom is 0.137 e. The van der Waals surface area contributed by atoms with E-state index in [1.165, 1.54) is 42.4 Å². The van der Waals surface area contributed by atoms with E-state index in [0.29, 0.717) is 0 Å². The Morgan fingerprint density at radius 1 is 0.373 bits per heavy atom. The maximum absolute atomic E-state index is 6.41. The smallest absolute Gasteiger partial charge is 0.137 e. The van der Waals surface area contributed by atoms with E-state index in [-0.39, 0.29) is 0 Å². The summed E-state index contributed by atoms with van der Waals surface area (Å²) in [6.07, 6.45) is 0. The molecule has 0 bridgehead atoms. The predicted octanol–water partition coefficient (Wildman–Crippen LogP) is 14.4. The van der Waals surface area contributed by atoms with Gasteiger partial charge in [0.2, 0.25) is 0 Å². The molecule has 10 aromatic rings. The van der Waals surface area contributed by atoms with E-state index in [9.17, 15) is 0 Å². The standard InChI is InChI=1S/C48H31NOS/c1-2-13-32(14-3-1)34-15-10-16-35(31-34)37-17-4-7-21-41(37)49(42-22-12-24-44-48(42)39-18-5-8-23-43(39)50-44)36-29-27-33(28-30-36)38-20-11-26-46-47(38)40-19-6-9-25-45(40)51-46/h1-31H. The van der Waals surface area contributed by atoms with Crippen LogP contribution in [0.1, 0.15) is 0 Å². The van der Waals surface area contributed by atoms with Crippen molar-refractivity contribution in [1.29, 1.82) is 0 Å². The van der Waals surface area contributed by atoms with Gasteiger partial charge in [0.05, 0.1) is 16.8 Å². The van der Waals surface area contributed by atoms with Crippen molar-refractivity contribution < 1.29 is 4.42 Å². The van der Waals surface area contributed by atoms with E-state index < -0.39 is 0 Å². The third-order valence-corrected chi connectivity index (χ3v) is 11.0. The lowest BCUT2D eigenvalue weighted by atomic mass is 9.96. The first-order chi connectivity index (χ1) is 25.3. The van der Waals surface area contributed by atoms with E-state index in [2.05, 4.69) is 187 Å². The summed E-state index contributed by atoms with van der Waals surface area (Å²) in [5.41, 5.74) is 12.2. The molecule has 0 aliphatic carbocycles. The normalized spacial score (nSPS) is 11.5. The minimum absolute atomic E-state index is 0.870. The summed E-state index contributed by atoms with van der Waals surface area (Å²) in [5, 5.41) is 4.83. The van der Waals surface area contributed by atoms with Crippen LogP contribution in [0.2, 0.25) is 0 Å². The number of nitrogens with zero attached hydrogens (tertiary/aromatic N) is 1. The van der Waals surface area contributed by atoms with Gasteiger partial charge in [-0.1, -0.05) is 133 Å². The number of rotatable bonds is 6. The Balaban J connectivity index is 1.18. The molecule has 0 unspecified atom stereocenters. The molecule has 0 aliphatic rings. The van der Waals surface area contributed by atoms with Crippen molar-refractivity contribution in [3.63, 3.8) is 0 Å². The summed E-state index contributed by atoms with van der Waals surface area (Å²) in [6, 6.07) is 67.4. The zero-order valence-corrected chi connectivity index (χ0v) is 28.5. The Bertz CT molecular complexity index is 2860. The average molecular weight is 670 g/mol. The molecule has 240 valence electrons. The van der Waals surface area contributed by atoms with Gasteiger partial charge in [0, 0.05) is 36.8 Å². The minimum Gasteiger partial charge on any atom is -0.456 e. The summed E-state index contributed by atoms with van der Waals surface area (Å²) >= 11 is 1.86. The zero-order chi connectivity index (χ0) is 33.7. The first-order valence-electron chi connectivity index (χ1n) is 17.3. The van der Waals surface area contributed by atoms with E-state index in [0.717, 1.165) is 50.1 Å². The van der Waals surface area contributed by atoms with Crippen LogP contribution in [-0.2, 0) is 0 Å². The lowest BCUT2D eigenvalue weighted by Crippen LogP contribution is -2.11. The summed E-state index contributed by atoms with van der Waals surface area (Å²) in [5.74, 6) is 0. The monoisotopic (exact) mass is 669 g/mol. The topological polar surface area (TPSA) is 16.4 Å². The molecule has 0 amide bonds. The van der Waals surface area contributed by atoms with Crippen molar-refractivity contribution in [3.8, 4) is 33.4 Å². The molecule has 2 nitrogen and oxygen atoms in total. The zero-order valence-electron chi connectivity index (χ0n) is 27.7. The van der Waals surface area contributed by atoms with Crippen LogP contribution in [0.25, 0.3) is 75.5 Å². The Morgan fingerprint density at radius 2 is 1.00 bits per heavy atom. The molecule has 0 fully saturated rings. The first kappa shape index (κ1) is 29.5. The van der Waals surface area contributed by atoms with Crippen LogP contribution in [0.4, 0.5) is 17.1 Å². The van der Waals surface area contributed by atoms with Crippen LogP contribution in [0.3, 0.4) is 0 Å². The number of thiophene rings is 1.